The smallest absolute Gasteiger partial charge is 0.412 e. The molecule has 0 radical (unpaired) electrons. The van der Waals surface area contributed by atoms with Gasteiger partial charge in [-0.25, -0.2) is 9.37 Å². The first kappa shape index (κ1) is 34.0. The summed E-state index contributed by atoms with van der Waals surface area (Å²) in [6, 6.07) is 14.8. The number of aryl methyl sites for hydroxylation is 1. The lowest BCUT2D eigenvalue weighted by atomic mass is 9.97. The normalized spacial score (nSPS) is 17.6. The van der Waals surface area contributed by atoms with E-state index in [2.05, 4.69) is 58.9 Å². The van der Waals surface area contributed by atoms with Gasteiger partial charge in [0.1, 0.15) is 23.5 Å². The van der Waals surface area contributed by atoms with E-state index in [0.717, 1.165) is 24.8 Å². The highest BCUT2D eigenvalue weighted by molar-refractivity contribution is 6.74. The summed E-state index contributed by atoms with van der Waals surface area (Å²) in [5.74, 6) is 0.378. The van der Waals surface area contributed by atoms with Crippen molar-refractivity contribution < 1.29 is 22.0 Å². The number of rotatable bonds is 8. The largest absolute Gasteiger partial charge is 0.418 e. The van der Waals surface area contributed by atoms with E-state index >= 15 is 0 Å². The van der Waals surface area contributed by atoms with E-state index in [1.807, 2.05) is 19.2 Å². The highest BCUT2D eigenvalue weighted by Crippen LogP contribution is 2.41. The van der Waals surface area contributed by atoms with E-state index in [0.29, 0.717) is 46.0 Å². The van der Waals surface area contributed by atoms with E-state index in [1.165, 1.54) is 24.5 Å². The molecule has 1 fully saturated rings. The zero-order chi connectivity index (χ0) is 34.6. The van der Waals surface area contributed by atoms with E-state index in [9.17, 15) is 17.6 Å². The standard InChI is InChI=1S/C36H42F4N6OSi/c1-35(2,3)48(6,7)47-31-13-9-12-30(31)45(4)20-22-16-28(36(38,39)40)32-29(17-22)42-33(43-32)24-11-8-10-23(18-24)26-15-14-25(37)19-27(26)34-44-41-21-46(34)5/h8,10-11,14-19,21,30-31H,9,12-13,20H2,1-7H3,(H,42,43)/t30-,31+/m1/s1. The zero-order valence-corrected chi connectivity index (χ0v) is 29.4. The molecule has 0 bridgehead atoms. The number of benzene rings is 3. The number of fused-ring (bicyclic) bond motifs is 1. The van der Waals surface area contributed by atoms with Crippen LogP contribution in [0.25, 0.3) is 44.9 Å². The Morgan fingerprint density at radius 2 is 1.75 bits per heavy atom. The third-order valence-corrected chi connectivity index (χ3v) is 14.5. The third kappa shape index (κ3) is 6.70. The van der Waals surface area contributed by atoms with Gasteiger partial charge in [-0.3, -0.25) is 4.90 Å². The number of aromatic nitrogens is 5. The summed E-state index contributed by atoms with van der Waals surface area (Å²) in [6.45, 7) is 11.5. The highest BCUT2D eigenvalue weighted by atomic mass is 28.4. The van der Waals surface area contributed by atoms with Gasteiger partial charge in [-0.1, -0.05) is 45.0 Å². The van der Waals surface area contributed by atoms with Gasteiger partial charge in [0.05, 0.1) is 17.2 Å². The predicted octanol–water partition coefficient (Wildman–Crippen LogP) is 9.22. The molecule has 0 aliphatic heterocycles. The lowest BCUT2D eigenvalue weighted by molar-refractivity contribution is -0.136. The SMILES string of the molecule is CN(Cc1cc(C(F)(F)F)c2nc(-c3cccc(-c4ccc(F)cc4-c4nncn4C)c3)[nH]c2c1)[C@@H]1CCC[C@@H]1O[Si](C)(C)C(C)(C)C. The fourth-order valence-electron chi connectivity index (χ4n) is 6.44. The molecule has 0 spiro atoms. The number of nitrogens with one attached hydrogen (secondary N) is 1. The number of hydrogen-bond donors (Lipinski definition) is 1. The molecule has 254 valence electrons. The van der Waals surface area contributed by atoms with E-state index in [4.69, 9.17) is 4.43 Å². The second kappa shape index (κ2) is 12.5. The summed E-state index contributed by atoms with van der Waals surface area (Å²) < 4.78 is 66.4. The lowest BCUT2D eigenvalue weighted by Gasteiger charge is -2.41. The van der Waals surface area contributed by atoms with Gasteiger partial charge in [-0.15, -0.1) is 10.2 Å². The van der Waals surface area contributed by atoms with Crippen LogP contribution in [0.4, 0.5) is 17.6 Å². The van der Waals surface area contributed by atoms with Crippen LogP contribution in [0.3, 0.4) is 0 Å². The molecule has 6 rings (SSSR count). The van der Waals surface area contributed by atoms with Crippen LogP contribution in [-0.4, -0.2) is 57.1 Å². The van der Waals surface area contributed by atoms with Crippen molar-refractivity contribution >= 4 is 19.4 Å². The van der Waals surface area contributed by atoms with Crippen LogP contribution < -0.4 is 0 Å². The molecule has 7 nitrogen and oxygen atoms in total. The molecule has 12 heteroatoms. The van der Waals surface area contributed by atoms with Crippen molar-refractivity contribution in [1.82, 2.24) is 29.6 Å². The Hall–Kier alpha value is -3.87. The summed E-state index contributed by atoms with van der Waals surface area (Å²) in [7, 11) is 1.74. The average molecular weight is 679 g/mol. The van der Waals surface area contributed by atoms with Crippen LogP contribution in [-0.2, 0) is 24.2 Å². The Labute approximate surface area is 279 Å². The molecule has 48 heavy (non-hydrogen) atoms. The molecule has 2 atom stereocenters. The number of H-pyrrole nitrogens is 1. The van der Waals surface area contributed by atoms with Crippen LogP contribution in [0.15, 0.2) is 60.9 Å². The Bertz CT molecular complexity index is 1940. The summed E-state index contributed by atoms with van der Waals surface area (Å²) in [5.41, 5.74) is 2.55. The van der Waals surface area contributed by atoms with E-state index < -0.39 is 25.9 Å². The van der Waals surface area contributed by atoms with Crippen LogP contribution in [0.2, 0.25) is 18.1 Å². The molecule has 0 unspecified atom stereocenters. The molecule has 0 amide bonds. The molecule has 1 saturated carbocycles. The van der Waals surface area contributed by atoms with Gasteiger partial charge in [0, 0.05) is 30.8 Å². The Kier molecular flexibility index (Phi) is 8.88. The number of alkyl halides is 3. The molecule has 2 heterocycles. The maximum atomic E-state index is 14.5. The molecule has 3 aromatic carbocycles. The Morgan fingerprint density at radius 3 is 2.44 bits per heavy atom. The van der Waals surface area contributed by atoms with Crippen molar-refractivity contribution in [3.05, 3.63) is 77.9 Å². The average Bonchev–Trinajstić information content (AvgIpc) is 3.75. The zero-order valence-electron chi connectivity index (χ0n) is 28.4. The number of halogens is 4. The summed E-state index contributed by atoms with van der Waals surface area (Å²) >= 11 is 0. The number of nitrogens with zero attached hydrogens (tertiary/aromatic N) is 5. The van der Waals surface area contributed by atoms with Crippen molar-refractivity contribution in [3.8, 4) is 33.9 Å². The number of aromatic amines is 1. The van der Waals surface area contributed by atoms with Crippen LogP contribution in [0.1, 0.15) is 51.2 Å². The summed E-state index contributed by atoms with van der Waals surface area (Å²) in [6.07, 6.45) is -0.0721. The van der Waals surface area contributed by atoms with Crippen molar-refractivity contribution in [3.63, 3.8) is 0 Å². The van der Waals surface area contributed by atoms with Crippen molar-refractivity contribution in [2.75, 3.05) is 7.05 Å². The molecule has 1 N–H and O–H groups in total. The van der Waals surface area contributed by atoms with Crippen molar-refractivity contribution in [1.29, 1.82) is 0 Å². The number of likely N-dealkylation sites (N-methyl/N-ethyl adjacent to an activating group) is 1. The molecule has 2 aromatic heterocycles. The van der Waals surface area contributed by atoms with Gasteiger partial charge in [0.2, 0.25) is 0 Å². The van der Waals surface area contributed by atoms with Gasteiger partial charge < -0.3 is 14.0 Å². The number of hydrogen-bond acceptors (Lipinski definition) is 5. The molecule has 1 aliphatic rings. The van der Waals surface area contributed by atoms with Gasteiger partial charge in [-0.05, 0) is 91.5 Å². The maximum absolute atomic E-state index is 14.5. The molecule has 1 aliphatic carbocycles. The van der Waals surface area contributed by atoms with Crippen LogP contribution in [0.5, 0.6) is 0 Å². The lowest BCUT2D eigenvalue weighted by Crippen LogP contribution is -2.48. The fraction of sp³-hybridized carbons (Fsp3) is 0.417. The van der Waals surface area contributed by atoms with Crippen molar-refractivity contribution in [2.45, 2.75) is 83.0 Å². The molecule has 0 saturated heterocycles. The summed E-state index contributed by atoms with van der Waals surface area (Å²) in [4.78, 5) is 9.78. The van der Waals surface area contributed by atoms with Crippen LogP contribution >= 0.6 is 0 Å². The first-order valence-corrected chi connectivity index (χ1v) is 19.2. The monoisotopic (exact) mass is 678 g/mol. The second-order valence-electron chi connectivity index (χ2n) is 14.5. The first-order valence-electron chi connectivity index (χ1n) is 16.2. The summed E-state index contributed by atoms with van der Waals surface area (Å²) in [5, 5.41) is 8.15. The van der Waals surface area contributed by atoms with E-state index in [-0.39, 0.29) is 22.7 Å². The van der Waals surface area contributed by atoms with E-state index in [1.54, 1.807) is 35.9 Å². The quantitative estimate of drug-likeness (QED) is 0.131. The third-order valence-electron chi connectivity index (χ3n) is 10.0. The second-order valence-corrected chi connectivity index (χ2v) is 19.2. The first-order chi connectivity index (χ1) is 22.5. The van der Waals surface area contributed by atoms with Gasteiger partial charge in [0.15, 0.2) is 14.1 Å². The molecule has 5 aromatic rings. The minimum absolute atomic E-state index is 0.0584. The molecular formula is C36H42F4N6OSi. The molecular weight excluding hydrogens is 637 g/mol. The fourth-order valence-corrected chi connectivity index (χ4v) is 7.83. The van der Waals surface area contributed by atoms with Crippen LogP contribution in [0, 0.1) is 5.82 Å². The number of imidazole rings is 1. The minimum atomic E-state index is -4.60. The highest BCUT2D eigenvalue weighted by Gasteiger charge is 2.43. The van der Waals surface area contributed by atoms with Gasteiger partial charge in [0.25, 0.3) is 0 Å². The van der Waals surface area contributed by atoms with Gasteiger partial charge >= 0.3 is 6.18 Å². The van der Waals surface area contributed by atoms with Crippen molar-refractivity contribution in [2.24, 2.45) is 7.05 Å². The Morgan fingerprint density at radius 1 is 1.00 bits per heavy atom. The van der Waals surface area contributed by atoms with Gasteiger partial charge in [-0.2, -0.15) is 13.2 Å². The minimum Gasteiger partial charge on any atom is -0.412 e. The topological polar surface area (TPSA) is 71.9 Å². The Balaban J connectivity index is 1.33. The maximum Gasteiger partial charge on any atom is 0.418 e. The predicted molar refractivity (Wildman–Crippen MR) is 183 cm³/mol.